The zero-order valence-corrected chi connectivity index (χ0v) is 24.8. The van der Waals surface area contributed by atoms with Crippen LogP contribution in [0.2, 0.25) is 0 Å². The molecule has 0 aromatic carbocycles. The predicted molar refractivity (Wildman–Crippen MR) is 151 cm³/mol. The summed E-state index contributed by atoms with van der Waals surface area (Å²) >= 11 is 0. The van der Waals surface area contributed by atoms with Crippen LogP contribution in [0.3, 0.4) is 0 Å². The number of carbonyl (C=O) groups excluding carboxylic acids is 1. The van der Waals surface area contributed by atoms with Crippen molar-refractivity contribution in [3.63, 3.8) is 0 Å². The molecular formula is C25H51N7O13. The zero-order chi connectivity index (χ0) is 33.6. The Kier molecular flexibility index (Phi) is 14.6. The van der Waals surface area contributed by atoms with Gasteiger partial charge < -0.3 is 88.7 Å². The lowest BCUT2D eigenvalue weighted by atomic mass is 9.77. The van der Waals surface area contributed by atoms with E-state index in [4.69, 9.17) is 52.7 Å². The second-order valence-corrected chi connectivity index (χ2v) is 11.8. The predicted octanol–water partition coefficient (Wildman–Crippen LogP) is -8.52. The SMILES string of the molecule is NCCN(O)C(=O)C[C@@H]1C[C@H](N)C(O[C@H]2O[C@H](CNCC(N)CO)[C@@H](O)[C@H](O)[C@H]2N)[C@H](O)[C@H]1O[C@H]1O[C@H](CO)[C@@H](O)[C@H](N)[C@H]1O. The summed E-state index contributed by atoms with van der Waals surface area (Å²) in [7, 11) is 0. The summed E-state index contributed by atoms with van der Waals surface area (Å²) in [6.07, 6.45) is -16.0. The van der Waals surface area contributed by atoms with Crippen molar-refractivity contribution in [2.45, 2.75) is 105 Å². The van der Waals surface area contributed by atoms with E-state index in [0.29, 0.717) is 5.06 Å². The monoisotopic (exact) mass is 657 g/mol. The van der Waals surface area contributed by atoms with Crippen LogP contribution in [0.25, 0.3) is 0 Å². The average molecular weight is 658 g/mol. The van der Waals surface area contributed by atoms with Gasteiger partial charge in [0.25, 0.3) is 0 Å². The average Bonchev–Trinajstić information content (AvgIpc) is 3.01. The van der Waals surface area contributed by atoms with E-state index in [9.17, 15) is 40.6 Å². The van der Waals surface area contributed by atoms with Gasteiger partial charge >= 0.3 is 0 Å². The molecule has 0 aromatic heterocycles. The number of hydroxylamine groups is 2. The Morgan fingerprint density at radius 3 is 2.16 bits per heavy atom. The molecule has 1 saturated carbocycles. The highest BCUT2D eigenvalue weighted by molar-refractivity contribution is 5.75. The minimum Gasteiger partial charge on any atom is -0.395 e. The first-order chi connectivity index (χ1) is 21.2. The van der Waals surface area contributed by atoms with Crippen molar-refractivity contribution in [3.05, 3.63) is 0 Å². The van der Waals surface area contributed by atoms with Crippen LogP contribution in [0.1, 0.15) is 12.8 Å². The zero-order valence-electron chi connectivity index (χ0n) is 24.8. The fourth-order valence-electron chi connectivity index (χ4n) is 5.74. The van der Waals surface area contributed by atoms with Gasteiger partial charge in [-0.05, 0) is 12.3 Å². The lowest BCUT2D eigenvalue weighted by molar-refractivity contribution is -0.323. The number of nitrogens with one attached hydrogen (secondary N) is 1. The molecule has 3 aliphatic rings. The first kappa shape index (κ1) is 38.2. The normalized spacial score (nSPS) is 43.2. The second-order valence-electron chi connectivity index (χ2n) is 11.8. The minimum atomic E-state index is -1.65. The first-order valence-electron chi connectivity index (χ1n) is 14.9. The number of amides is 1. The second kappa shape index (κ2) is 17.2. The van der Waals surface area contributed by atoms with Gasteiger partial charge in [0.05, 0.1) is 37.9 Å². The summed E-state index contributed by atoms with van der Waals surface area (Å²) in [5, 5.41) is 85.7. The molecule has 45 heavy (non-hydrogen) atoms. The Bertz CT molecular complexity index is 915. The van der Waals surface area contributed by atoms with Crippen LogP contribution in [0, 0.1) is 5.92 Å². The number of aliphatic hydroxyl groups excluding tert-OH is 7. The molecule has 0 spiro atoms. The molecule has 20 heteroatoms. The van der Waals surface area contributed by atoms with Crippen molar-refractivity contribution in [2.75, 3.05) is 39.4 Å². The van der Waals surface area contributed by atoms with Gasteiger partial charge in [-0.25, -0.2) is 5.06 Å². The van der Waals surface area contributed by atoms with Crippen molar-refractivity contribution < 1.29 is 64.7 Å². The third kappa shape index (κ3) is 9.22. The van der Waals surface area contributed by atoms with Gasteiger partial charge in [-0.3, -0.25) is 10.0 Å². The van der Waals surface area contributed by atoms with E-state index in [1.165, 1.54) is 0 Å². The summed E-state index contributed by atoms with van der Waals surface area (Å²) in [5.74, 6) is -1.64. The molecule has 3 fully saturated rings. The van der Waals surface area contributed by atoms with E-state index in [1.54, 1.807) is 0 Å². The topological polar surface area (TPSA) is 361 Å². The highest BCUT2D eigenvalue weighted by Crippen LogP contribution is 2.36. The molecule has 0 aromatic rings. The highest BCUT2D eigenvalue weighted by Gasteiger charge is 2.52. The number of ether oxygens (including phenoxy) is 4. The Labute approximate surface area is 259 Å². The maximum Gasteiger partial charge on any atom is 0.246 e. The van der Waals surface area contributed by atoms with E-state index in [-0.39, 0.29) is 45.6 Å². The van der Waals surface area contributed by atoms with Crippen LogP contribution < -0.4 is 34.0 Å². The molecule has 19 N–H and O–H groups in total. The van der Waals surface area contributed by atoms with Crippen LogP contribution >= 0.6 is 0 Å². The molecule has 2 aliphatic heterocycles. The van der Waals surface area contributed by atoms with Crippen molar-refractivity contribution >= 4 is 5.91 Å². The van der Waals surface area contributed by atoms with Crippen LogP contribution in [-0.2, 0) is 23.7 Å². The van der Waals surface area contributed by atoms with Crippen molar-refractivity contribution in [2.24, 2.45) is 34.6 Å². The van der Waals surface area contributed by atoms with Gasteiger partial charge in [0.15, 0.2) is 12.6 Å². The minimum absolute atomic E-state index is 0.0107. The van der Waals surface area contributed by atoms with Gasteiger partial charge in [0.1, 0.15) is 48.8 Å². The highest BCUT2D eigenvalue weighted by atomic mass is 16.7. The standard InChI is InChI=1S/C25H51N7O13/c26-1-2-32(41)14(35)4-9-3-11(28)23(21(40)22(9)44-25-20(39)15(29)17(36)13(8-34)43-25)45-24-16(30)19(38)18(37)12(42-24)6-31-5-10(27)7-33/h9-13,15-25,31,33-34,36-41H,1-8,26-30H2/t9-,10?,11-,12+,13+,15-,16+,17+,18+,19+,20+,21+,22-,23?,24+,25+/m0/s1. The van der Waals surface area contributed by atoms with E-state index < -0.39 is 110 Å². The maximum absolute atomic E-state index is 12.7. The molecule has 0 bridgehead atoms. The Balaban J connectivity index is 1.82. The molecule has 264 valence electrons. The number of rotatable bonds is 14. The van der Waals surface area contributed by atoms with Crippen molar-refractivity contribution in [1.82, 2.24) is 10.4 Å². The van der Waals surface area contributed by atoms with Gasteiger partial charge in [0.2, 0.25) is 5.91 Å². The fraction of sp³-hybridized carbons (Fsp3) is 0.960. The number of nitrogens with zero attached hydrogens (tertiary/aromatic N) is 1. The van der Waals surface area contributed by atoms with Gasteiger partial charge in [-0.2, -0.15) is 0 Å². The Hall–Kier alpha value is -1.25. The maximum atomic E-state index is 12.7. The molecule has 2 saturated heterocycles. The van der Waals surface area contributed by atoms with Crippen LogP contribution in [0.4, 0.5) is 0 Å². The summed E-state index contributed by atoms with van der Waals surface area (Å²) in [6, 6.07) is -4.15. The molecule has 1 amide bonds. The third-order valence-corrected chi connectivity index (χ3v) is 8.46. The van der Waals surface area contributed by atoms with Gasteiger partial charge in [0, 0.05) is 38.1 Å². The largest absolute Gasteiger partial charge is 0.395 e. The lowest BCUT2D eigenvalue weighted by Gasteiger charge is -2.49. The molecule has 20 nitrogen and oxygen atoms in total. The molecule has 16 atom stereocenters. The summed E-state index contributed by atoms with van der Waals surface area (Å²) in [5.41, 5.74) is 29.5. The van der Waals surface area contributed by atoms with Gasteiger partial charge in [-0.15, -0.1) is 0 Å². The molecule has 1 aliphatic carbocycles. The van der Waals surface area contributed by atoms with E-state index in [2.05, 4.69) is 5.32 Å². The third-order valence-electron chi connectivity index (χ3n) is 8.46. The molecule has 0 radical (unpaired) electrons. The summed E-state index contributed by atoms with van der Waals surface area (Å²) in [4.78, 5) is 12.7. The Morgan fingerprint density at radius 2 is 1.53 bits per heavy atom. The molecular weight excluding hydrogens is 606 g/mol. The van der Waals surface area contributed by atoms with E-state index >= 15 is 0 Å². The Morgan fingerprint density at radius 1 is 0.889 bits per heavy atom. The number of aliphatic hydroxyl groups is 7. The number of carbonyl (C=O) groups is 1. The van der Waals surface area contributed by atoms with E-state index in [0.717, 1.165) is 0 Å². The first-order valence-corrected chi connectivity index (χ1v) is 14.9. The van der Waals surface area contributed by atoms with Crippen LogP contribution in [0.5, 0.6) is 0 Å². The molecule has 2 unspecified atom stereocenters. The quantitative estimate of drug-likeness (QED) is 0.0608. The fourth-order valence-corrected chi connectivity index (χ4v) is 5.74. The van der Waals surface area contributed by atoms with E-state index in [1.807, 2.05) is 0 Å². The summed E-state index contributed by atoms with van der Waals surface area (Å²) < 4.78 is 23.3. The number of hydrogen-bond acceptors (Lipinski definition) is 19. The lowest BCUT2D eigenvalue weighted by Crippen LogP contribution is -2.68. The molecule has 3 rings (SSSR count). The number of nitrogens with two attached hydrogens (primary N) is 5. The van der Waals surface area contributed by atoms with Crippen LogP contribution in [-0.4, -0.2) is 183 Å². The molecule has 2 heterocycles. The van der Waals surface area contributed by atoms with Crippen molar-refractivity contribution in [3.8, 4) is 0 Å². The summed E-state index contributed by atoms with van der Waals surface area (Å²) in [6.45, 7) is -0.983. The van der Waals surface area contributed by atoms with Gasteiger partial charge in [-0.1, -0.05) is 0 Å². The smallest absolute Gasteiger partial charge is 0.246 e. The van der Waals surface area contributed by atoms with Crippen LogP contribution in [0.15, 0.2) is 0 Å². The van der Waals surface area contributed by atoms with Crippen molar-refractivity contribution in [1.29, 1.82) is 0 Å². The number of hydrogen-bond donors (Lipinski definition) is 14.